The number of nitrogens with zero attached hydrogens (tertiary/aromatic N) is 2. The summed E-state index contributed by atoms with van der Waals surface area (Å²) in [4.78, 5) is 4.04. The average molecular weight is 280 g/mol. The summed E-state index contributed by atoms with van der Waals surface area (Å²) in [6, 6.07) is 8.02. The van der Waals surface area contributed by atoms with E-state index in [1.807, 2.05) is 30.9 Å². The molecule has 0 fully saturated rings. The Morgan fingerprint density at radius 1 is 1.32 bits per heavy atom. The van der Waals surface area contributed by atoms with Gasteiger partial charge in [-0.25, -0.2) is 4.98 Å². The second kappa shape index (κ2) is 6.22. The molecule has 0 aliphatic heterocycles. The van der Waals surface area contributed by atoms with Crippen LogP contribution in [0.4, 0.5) is 0 Å². The molecule has 0 spiro atoms. The first kappa shape index (κ1) is 14.1. The number of halogens is 1. The van der Waals surface area contributed by atoms with E-state index < -0.39 is 0 Å². The summed E-state index contributed by atoms with van der Waals surface area (Å²) in [5.41, 5.74) is 1.21. The van der Waals surface area contributed by atoms with Crippen LogP contribution in [0, 0.1) is 0 Å². The van der Waals surface area contributed by atoms with Crippen LogP contribution in [0.3, 0.4) is 0 Å². The fourth-order valence-electron chi connectivity index (χ4n) is 2.05. The zero-order valence-corrected chi connectivity index (χ0v) is 12.2. The molecule has 2 rings (SSSR count). The molecule has 0 atom stereocenters. The SMILES string of the molecule is CC(C)(NCCCn1ccn[14cH]1)c1ccc(Cl)cc1. The van der Waals surface area contributed by atoms with E-state index in [1.54, 1.807) is 0 Å². The number of rotatable bonds is 6. The summed E-state index contributed by atoms with van der Waals surface area (Å²) < 4.78 is 2.09. The van der Waals surface area contributed by atoms with Gasteiger partial charge in [0.25, 0.3) is 0 Å². The Bertz CT molecular complexity index is 489. The number of imidazole rings is 1. The second-order valence-electron chi connectivity index (χ2n) is 5.21. The highest BCUT2D eigenvalue weighted by atomic mass is 35.5. The lowest BCUT2D eigenvalue weighted by molar-refractivity contribution is 0.393. The first-order valence-electron chi connectivity index (χ1n) is 6.55. The van der Waals surface area contributed by atoms with Crippen LogP contribution in [0.25, 0.3) is 0 Å². The Balaban J connectivity index is 1.82. The van der Waals surface area contributed by atoms with Crippen LogP contribution in [0.2, 0.25) is 5.02 Å². The Hall–Kier alpha value is -1.32. The van der Waals surface area contributed by atoms with Crippen LogP contribution in [-0.2, 0) is 12.1 Å². The molecule has 19 heavy (non-hydrogen) atoms. The van der Waals surface area contributed by atoms with Crippen LogP contribution >= 0.6 is 11.6 Å². The molecule has 1 aromatic carbocycles. The minimum absolute atomic E-state index is 0.0421. The highest BCUT2D eigenvalue weighted by Crippen LogP contribution is 2.21. The van der Waals surface area contributed by atoms with Crippen molar-refractivity contribution in [3.05, 3.63) is 53.6 Å². The lowest BCUT2D eigenvalue weighted by atomic mass is 9.94. The first-order chi connectivity index (χ1) is 9.08. The number of aryl methyl sites for hydroxylation is 1. The third-order valence-corrected chi connectivity index (χ3v) is 3.54. The summed E-state index contributed by atoms with van der Waals surface area (Å²) in [5.74, 6) is 0. The van der Waals surface area contributed by atoms with E-state index in [0.29, 0.717) is 0 Å². The molecule has 2 aromatic rings. The quantitative estimate of drug-likeness (QED) is 0.821. The average Bonchev–Trinajstić information content (AvgIpc) is 2.88. The van der Waals surface area contributed by atoms with Gasteiger partial charge in [-0.05, 0) is 44.5 Å². The van der Waals surface area contributed by atoms with Crippen LogP contribution in [0.5, 0.6) is 0 Å². The van der Waals surface area contributed by atoms with Crippen molar-refractivity contribution in [2.75, 3.05) is 6.54 Å². The fraction of sp³-hybridized carbons (Fsp3) is 0.400. The highest BCUT2D eigenvalue weighted by Gasteiger charge is 2.18. The molecule has 0 amide bonds. The standard InChI is InChI=1S/C15H20ClN3/c1-15(2,13-4-6-14(16)7-5-13)18-8-3-10-19-11-9-17-12-19/h4-7,9,11-12,18H,3,8,10H2,1-2H3/i12+2. The maximum absolute atomic E-state index is 5.92. The normalized spacial score (nSPS) is 11.7. The van der Waals surface area contributed by atoms with Crippen molar-refractivity contribution in [2.45, 2.75) is 32.4 Å². The number of hydrogen-bond acceptors (Lipinski definition) is 2. The molecule has 0 saturated carbocycles. The van der Waals surface area contributed by atoms with E-state index in [2.05, 4.69) is 40.8 Å². The maximum atomic E-state index is 5.92. The van der Waals surface area contributed by atoms with Gasteiger partial charge < -0.3 is 9.88 Å². The predicted octanol–water partition coefficient (Wildman–Crippen LogP) is 3.45. The second-order valence-corrected chi connectivity index (χ2v) is 5.65. The van der Waals surface area contributed by atoms with E-state index >= 15 is 0 Å². The lowest BCUT2D eigenvalue weighted by Gasteiger charge is -2.27. The summed E-state index contributed by atoms with van der Waals surface area (Å²) in [6.45, 7) is 6.33. The molecule has 4 heteroatoms. The minimum Gasteiger partial charge on any atom is -0.337 e. The van der Waals surface area contributed by atoms with Gasteiger partial charge in [0.1, 0.15) is 0 Å². The van der Waals surface area contributed by atoms with Crippen LogP contribution < -0.4 is 5.32 Å². The topological polar surface area (TPSA) is 29.9 Å². The zero-order chi connectivity index (χ0) is 13.7. The molecule has 1 aromatic heterocycles. The third-order valence-electron chi connectivity index (χ3n) is 3.29. The molecule has 102 valence electrons. The van der Waals surface area contributed by atoms with E-state index in [-0.39, 0.29) is 5.54 Å². The number of benzene rings is 1. The molecule has 0 radical (unpaired) electrons. The largest absolute Gasteiger partial charge is 0.337 e. The Morgan fingerprint density at radius 3 is 2.68 bits per heavy atom. The van der Waals surface area contributed by atoms with E-state index in [1.165, 1.54) is 5.56 Å². The van der Waals surface area contributed by atoms with Gasteiger partial charge in [0.15, 0.2) is 0 Å². The van der Waals surface area contributed by atoms with Crippen molar-refractivity contribution < 1.29 is 0 Å². The van der Waals surface area contributed by atoms with Crippen LogP contribution in [-0.4, -0.2) is 16.1 Å². The van der Waals surface area contributed by atoms with Gasteiger partial charge in [0, 0.05) is 29.5 Å². The van der Waals surface area contributed by atoms with Gasteiger partial charge >= 0.3 is 0 Å². The molecule has 0 unspecified atom stereocenters. The maximum Gasteiger partial charge on any atom is 0.0945 e. The molecule has 1 heterocycles. The van der Waals surface area contributed by atoms with Gasteiger partial charge in [-0.1, -0.05) is 23.7 Å². The summed E-state index contributed by atoms with van der Waals surface area (Å²) in [5, 5.41) is 4.36. The van der Waals surface area contributed by atoms with Crippen molar-refractivity contribution in [3.8, 4) is 0 Å². The predicted molar refractivity (Wildman–Crippen MR) is 79.3 cm³/mol. The molecule has 1 N–H and O–H groups in total. The van der Waals surface area contributed by atoms with Crippen molar-refractivity contribution in [2.24, 2.45) is 0 Å². The van der Waals surface area contributed by atoms with Crippen molar-refractivity contribution in [3.63, 3.8) is 0 Å². The Morgan fingerprint density at radius 2 is 2.05 bits per heavy atom. The van der Waals surface area contributed by atoms with Crippen LogP contribution in [0.15, 0.2) is 43.0 Å². The van der Waals surface area contributed by atoms with E-state index in [0.717, 1.165) is 24.5 Å². The molecule has 0 bridgehead atoms. The van der Waals surface area contributed by atoms with Gasteiger partial charge in [-0.2, -0.15) is 0 Å². The lowest BCUT2D eigenvalue weighted by Crippen LogP contribution is -2.37. The summed E-state index contributed by atoms with van der Waals surface area (Å²) in [7, 11) is 0. The van der Waals surface area contributed by atoms with E-state index in [4.69, 9.17) is 11.6 Å². The number of nitrogens with one attached hydrogen (secondary N) is 1. The Kier molecular flexibility index (Phi) is 4.61. The smallest absolute Gasteiger partial charge is 0.0945 e. The fourth-order valence-corrected chi connectivity index (χ4v) is 2.18. The van der Waals surface area contributed by atoms with Crippen molar-refractivity contribution in [1.82, 2.24) is 14.9 Å². The molecule has 0 aliphatic carbocycles. The van der Waals surface area contributed by atoms with Gasteiger partial charge in [0.2, 0.25) is 0 Å². The van der Waals surface area contributed by atoms with Crippen molar-refractivity contribution >= 4 is 11.6 Å². The van der Waals surface area contributed by atoms with Gasteiger partial charge in [0.05, 0.1) is 6.33 Å². The summed E-state index contributed by atoms with van der Waals surface area (Å²) >= 11 is 5.92. The summed E-state index contributed by atoms with van der Waals surface area (Å²) in [6.07, 6.45) is 6.73. The zero-order valence-electron chi connectivity index (χ0n) is 11.4. The third kappa shape index (κ3) is 4.08. The molecular formula is C15H20ClN3. The molecular weight excluding hydrogens is 260 g/mol. The minimum atomic E-state index is -0.0421. The van der Waals surface area contributed by atoms with Gasteiger partial charge in [-0.15, -0.1) is 0 Å². The first-order valence-corrected chi connectivity index (χ1v) is 6.92. The Labute approximate surface area is 119 Å². The molecule has 3 nitrogen and oxygen atoms in total. The number of aromatic nitrogens is 2. The van der Waals surface area contributed by atoms with Crippen molar-refractivity contribution in [1.29, 1.82) is 0 Å². The van der Waals surface area contributed by atoms with E-state index in [9.17, 15) is 0 Å². The molecule has 0 aliphatic rings. The monoisotopic (exact) mass is 279 g/mol. The molecule has 0 saturated heterocycles. The van der Waals surface area contributed by atoms with Crippen LogP contribution in [0.1, 0.15) is 25.8 Å². The number of hydrogen-bond donors (Lipinski definition) is 1. The van der Waals surface area contributed by atoms with Gasteiger partial charge in [-0.3, -0.25) is 0 Å². The highest BCUT2D eigenvalue weighted by molar-refractivity contribution is 6.30.